The van der Waals surface area contributed by atoms with Gasteiger partial charge in [0.15, 0.2) is 0 Å². The van der Waals surface area contributed by atoms with Crippen molar-refractivity contribution >= 4 is 0 Å². The minimum atomic E-state index is 0.159. The number of rotatable bonds is 4. The van der Waals surface area contributed by atoms with Gasteiger partial charge in [0, 0.05) is 19.1 Å². The average molecular weight is 300 g/mol. The Labute approximate surface area is 131 Å². The van der Waals surface area contributed by atoms with Crippen molar-refractivity contribution < 1.29 is 4.74 Å². The highest BCUT2D eigenvalue weighted by Crippen LogP contribution is 2.27. The van der Waals surface area contributed by atoms with Crippen molar-refractivity contribution in [2.45, 2.75) is 39.5 Å². The van der Waals surface area contributed by atoms with Gasteiger partial charge in [0.05, 0.1) is 19.3 Å². The van der Waals surface area contributed by atoms with Crippen LogP contribution < -0.4 is 0 Å². The first-order valence-electron chi connectivity index (χ1n) is 7.88. The van der Waals surface area contributed by atoms with E-state index in [2.05, 4.69) is 54.0 Å². The van der Waals surface area contributed by atoms with Gasteiger partial charge >= 0.3 is 0 Å². The molecule has 0 amide bonds. The SMILES string of the molecule is Cc1ccc(C)c([C@@H]2CN(CCn3cncn3)[C@H](C)CO2)c1. The molecule has 5 heteroatoms. The Morgan fingerprint density at radius 2 is 2.14 bits per heavy atom. The Hall–Kier alpha value is -1.72. The number of hydrogen-bond donors (Lipinski definition) is 0. The molecule has 0 aliphatic carbocycles. The van der Waals surface area contributed by atoms with Gasteiger partial charge in [-0.3, -0.25) is 9.58 Å². The summed E-state index contributed by atoms with van der Waals surface area (Å²) in [6, 6.07) is 7.04. The van der Waals surface area contributed by atoms with Crippen LogP contribution in [0.3, 0.4) is 0 Å². The third-order valence-corrected chi connectivity index (χ3v) is 4.43. The Kier molecular flexibility index (Phi) is 4.55. The first kappa shape index (κ1) is 15.2. The molecule has 0 N–H and O–H groups in total. The highest BCUT2D eigenvalue weighted by molar-refractivity contribution is 5.32. The highest BCUT2D eigenvalue weighted by Gasteiger charge is 2.27. The van der Waals surface area contributed by atoms with Gasteiger partial charge in [-0.05, 0) is 31.9 Å². The first-order valence-corrected chi connectivity index (χ1v) is 7.88. The van der Waals surface area contributed by atoms with E-state index in [0.29, 0.717) is 6.04 Å². The lowest BCUT2D eigenvalue weighted by atomic mass is 9.99. The van der Waals surface area contributed by atoms with Crippen LogP contribution in [0.1, 0.15) is 29.7 Å². The zero-order valence-electron chi connectivity index (χ0n) is 13.6. The minimum absolute atomic E-state index is 0.159. The van der Waals surface area contributed by atoms with Crippen LogP contribution in [0.2, 0.25) is 0 Å². The molecule has 0 spiro atoms. The fourth-order valence-corrected chi connectivity index (χ4v) is 2.99. The van der Waals surface area contributed by atoms with E-state index in [-0.39, 0.29) is 6.10 Å². The maximum absolute atomic E-state index is 6.10. The van der Waals surface area contributed by atoms with Gasteiger partial charge in [0.1, 0.15) is 12.7 Å². The lowest BCUT2D eigenvalue weighted by Gasteiger charge is -2.38. The van der Waals surface area contributed by atoms with Crippen molar-refractivity contribution in [3.63, 3.8) is 0 Å². The van der Waals surface area contributed by atoms with Gasteiger partial charge in [0.2, 0.25) is 0 Å². The summed E-state index contributed by atoms with van der Waals surface area (Å²) in [6.45, 7) is 10.1. The van der Waals surface area contributed by atoms with Crippen molar-refractivity contribution in [2.75, 3.05) is 19.7 Å². The van der Waals surface area contributed by atoms with Gasteiger partial charge in [-0.15, -0.1) is 0 Å². The number of aryl methyl sites for hydroxylation is 2. The summed E-state index contributed by atoms with van der Waals surface area (Å²) in [5.74, 6) is 0. The van der Waals surface area contributed by atoms with Crippen LogP contribution in [0, 0.1) is 13.8 Å². The van der Waals surface area contributed by atoms with E-state index in [1.807, 2.05) is 4.68 Å². The van der Waals surface area contributed by atoms with E-state index >= 15 is 0 Å². The van der Waals surface area contributed by atoms with Crippen molar-refractivity contribution in [3.8, 4) is 0 Å². The Balaban J connectivity index is 1.68. The van der Waals surface area contributed by atoms with Gasteiger partial charge in [-0.2, -0.15) is 5.10 Å². The van der Waals surface area contributed by atoms with Crippen LogP contribution in [0.25, 0.3) is 0 Å². The van der Waals surface area contributed by atoms with Crippen molar-refractivity contribution in [3.05, 3.63) is 47.5 Å². The fourth-order valence-electron chi connectivity index (χ4n) is 2.99. The Bertz CT molecular complexity index is 611. The summed E-state index contributed by atoms with van der Waals surface area (Å²) in [4.78, 5) is 6.48. The lowest BCUT2D eigenvalue weighted by Crippen LogP contribution is -2.46. The van der Waals surface area contributed by atoms with Crippen molar-refractivity contribution in [1.82, 2.24) is 19.7 Å². The normalized spacial score (nSPS) is 22.9. The van der Waals surface area contributed by atoms with E-state index < -0.39 is 0 Å². The molecule has 2 heterocycles. The highest BCUT2D eigenvalue weighted by atomic mass is 16.5. The molecule has 1 aromatic heterocycles. The Morgan fingerprint density at radius 1 is 1.27 bits per heavy atom. The molecule has 2 aromatic rings. The number of hydrogen-bond acceptors (Lipinski definition) is 4. The number of morpholine rings is 1. The summed E-state index contributed by atoms with van der Waals surface area (Å²) < 4.78 is 7.99. The van der Waals surface area contributed by atoms with Gasteiger partial charge in [-0.25, -0.2) is 4.98 Å². The molecular formula is C17H24N4O. The molecule has 1 fully saturated rings. The van der Waals surface area contributed by atoms with Crippen LogP contribution in [-0.2, 0) is 11.3 Å². The van der Waals surface area contributed by atoms with Gasteiger partial charge in [0.25, 0.3) is 0 Å². The third kappa shape index (κ3) is 3.36. The topological polar surface area (TPSA) is 43.2 Å². The van der Waals surface area contributed by atoms with Gasteiger partial charge < -0.3 is 4.74 Å². The summed E-state index contributed by atoms with van der Waals surface area (Å²) in [7, 11) is 0. The van der Waals surface area contributed by atoms with E-state index in [4.69, 9.17) is 4.74 Å². The first-order chi connectivity index (χ1) is 10.6. The Morgan fingerprint density at radius 3 is 2.91 bits per heavy atom. The average Bonchev–Trinajstić information content (AvgIpc) is 3.02. The van der Waals surface area contributed by atoms with Crippen LogP contribution in [0.15, 0.2) is 30.9 Å². The zero-order valence-corrected chi connectivity index (χ0v) is 13.6. The maximum Gasteiger partial charge on any atom is 0.137 e. The molecule has 0 bridgehead atoms. The smallest absolute Gasteiger partial charge is 0.137 e. The van der Waals surface area contributed by atoms with Crippen LogP contribution in [-0.4, -0.2) is 45.4 Å². The molecule has 1 aliphatic heterocycles. The van der Waals surface area contributed by atoms with Crippen LogP contribution in [0.4, 0.5) is 0 Å². The van der Waals surface area contributed by atoms with Crippen LogP contribution >= 0.6 is 0 Å². The molecular weight excluding hydrogens is 276 g/mol. The summed E-state index contributed by atoms with van der Waals surface area (Å²) in [5.41, 5.74) is 3.91. The molecule has 118 valence electrons. The molecule has 0 radical (unpaired) electrons. The second kappa shape index (κ2) is 6.58. The second-order valence-electron chi connectivity index (χ2n) is 6.18. The summed E-state index contributed by atoms with van der Waals surface area (Å²) in [5, 5.41) is 4.18. The second-order valence-corrected chi connectivity index (χ2v) is 6.18. The zero-order chi connectivity index (χ0) is 15.5. The predicted octanol–water partition coefficient (Wildman–Crippen LogP) is 2.36. The van der Waals surface area contributed by atoms with Crippen molar-refractivity contribution in [1.29, 1.82) is 0 Å². The minimum Gasteiger partial charge on any atom is -0.371 e. The van der Waals surface area contributed by atoms with Crippen LogP contribution in [0.5, 0.6) is 0 Å². The van der Waals surface area contributed by atoms with E-state index in [0.717, 1.165) is 26.2 Å². The standard InChI is InChI=1S/C17H24N4O/c1-13-4-5-14(2)16(8-13)17-9-20(15(3)10-22-17)6-7-21-12-18-11-19-21/h4-5,8,11-12,15,17H,6-7,9-10H2,1-3H3/t15-,17+/m1/s1. The number of nitrogens with zero attached hydrogens (tertiary/aromatic N) is 4. The number of benzene rings is 1. The maximum atomic E-state index is 6.10. The third-order valence-electron chi connectivity index (χ3n) is 4.43. The van der Waals surface area contributed by atoms with Crippen molar-refractivity contribution in [2.24, 2.45) is 0 Å². The molecule has 3 rings (SSSR count). The molecule has 5 nitrogen and oxygen atoms in total. The van der Waals surface area contributed by atoms with E-state index in [1.54, 1.807) is 12.7 Å². The molecule has 1 aliphatic rings. The fraction of sp³-hybridized carbons (Fsp3) is 0.529. The van der Waals surface area contributed by atoms with Gasteiger partial charge in [-0.1, -0.05) is 23.8 Å². The quantitative estimate of drug-likeness (QED) is 0.869. The molecule has 22 heavy (non-hydrogen) atoms. The molecule has 0 saturated carbocycles. The summed E-state index contributed by atoms with van der Waals surface area (Å²) in [6.07, 6.45) is 3.52. The predicted molar refractivity (Wildman–Crippen MR) is 85.7 cm³/mol. The molecule has 2 atom stereocenters. The lowest BCUT2D eigenvalue weighted by molar-refractivity contribution is -0.0613. The molecule has 0 unspecified atom stereocenters. The monoisotopic (exact) mass is 300 g/mol. The molecule has 1 aromatic carbocycles. The van der Waals surface area contributed by atoms with E-state index in [9.17, 15) is 0 Å². The largest absolute Gasteiger partial charge is 0.371 e. The number of aromatic nitrogens is 3. The van der Waals surface area contributed by atoms with E-state index in [1.165, 1.54) is 16.7 Å². The summed E-state index contributed by atoms with van der Waals surface area (Å²) >= 11 is 0. The molecule has 1 saturated heterocycles. The number of ether oxygens (including phenoxy) is 1.